The van der Waals surface area contributed by atoms with Crippen molar-refractivity contribution in [3.05, 3.63) is 47.4 Å². The van der Waals surface area contributed by atoms with E-state index in [2.05, 4.69) is 5.32 Å². The van der Waals surface area contributed by atoms with Crippen molar-refractivity contribution in [1.82, 2.24) is 15.1 Å². The zero-order chi connectivity index (χ0) is 24.2. The van der Waals surface area contributed by atoms with Crippen LogP contribution in [0.5, 0.6) is 11.5 Å². The first-order chi connectivity index (χ1) is 15.9. The number of benzene rings is 1. The summed E-state index contributed by atoms with van der Waals surface area (Å²) < 4.78 is 21.5. The first-order valence-electron chi connectivity index (χ1n) is 11.0. The van der Waals surface area contributed by atoms with Crippen LogP contribution in [0.25, 0.3) is 0 Å². The molecule has 9 nitrogen and oxygen atoms in total. The molecule has 182 valence electrons. The van der Waals surface area contributed by atoms with Gasteiger partial charge in [0.25, 0.3) is 0 Å². The lowest BCUT2D eigenvalue weighted by Crippen LogP contribution is -2.48. The molecule has 0 aliphatic rings. The lowest BCUT2D eigenvalue weighted by molar-refractivity contribution is -0.132. The Labute approximate surface area is 195 Å². The molecule has 0 saturated heterocycles. The number of hydrogen-bond acceptors (Lipinski definition) is 6. The third-order valence-corrected chi connectivity index (χ3v) is 5.12. The van der Waals surface area contributed by atoms with Gasteiger partial charge >= 0.3 is 6.03 Å². The standard InChI is InChI=1S/C24H35N3O6/c1-6-25-24(29)27(13-14-30-3)17-23(28)26(16-20-9-7-18(2)33-20)12-11-19-8-10-21(31-4)22(15-19)32-5/h7-10,15H,6,11-14,16-17H2,1-5H3,(H,25,29). The SMILES string of the molecule is CCNC(=O)N(CCOC)CC(=O)N(CCc1ccc(OC)c(OC)c1)Cc1ccc(C)o1. The Bertz CT molecular complexity index is 898. The number of methoxy groups -OCH3 is 3. The van der Waals surface area contributed by atoms with Crippen LogP contribution in [0.4, 0.5) is 4.79 Å². The van der Waals surface area contributed by atoms with Crippen LogP contribution in [-0.2, 0) is 22.5 Å². The second-order valence-corrected chi connectivity index (χ2v) is 7.52. The van der Waals surface area contributed by atoms with Crippen LogP contribution in [0.1, 0.15) is 24.0 Å². The molecule has 1 aromatic carbocycles. The number of rotatable bonds is 13. The highest BCUT2D eigenvalue weighted by atomic mass is 16.5. The average molecular weight is 462 g/mol. The lowest BCUT2D eigenvalue weighted by Gasteiger charge is -2.27. The molecule has 0 atom stereocenters. The first-order valence-corrected chi connectivity index (χ1v) is 11.0. The van der Waals surface area contributed by atoms with E-state index in [4.69, 9.17) is 18.6 Å². The normalized spacial score (nSPS) is 10.6. The molecule has 3 amide bonds. The highest BCUT2D eigenvalue weighted by Crippen LogP contribution is 2.27. The number of urea groups is 1. The number of nitrogens with zero attached hydrogens (tertiary/aromatic N) is 2. The largest absolute Gasteiger partial charge is 0.493 e. The first kappa shape index (κ1) is 26.1. The molecular formula is C24H35N3O6. The predicted molar refractivity (Wildman–Crippen MR) is 125 cm³/mol. The van der Waals surface area contributed by atoms with Gasteiger partial charge in [0, 0.05) is 26.7 Å². The van der Waals surface area contributed by atoms with E-state index < -0.39 is 0 Å². The summed E-state index contributed by atoms with van der Waals surface area (Å²) >= 11 is 0. The van der Waals surface area contributed by atoms with Crippen LogP contribution in [0, 0.1) is 6.92 Å². The fourth-order valence-corrected chi connectivity index (χ4v) is 3.33. The van der Waals surface area contributed by atoms with Crippen LogP contribution in [0.2, 0.25) is 0 Å². The third kappa shape index (κ3) is 8.02. The van der Waals surface area contributed by atoms with Gasteiger partial charge in [-0.25, -0.2) is 4.79 Å². The van der Waals surface area contributed by atoms with Crippen LogP contribution < -0.4 is 14.8 Å². The van der Waals surface area contributed by atoms with Crippen molar-refractivity contribution >= 4 is 11.9 Å². The molecule has 0 radical (unpaired) electrons. The summed E-state index contributed by atoms with van der Waals surface area (Å²) in [6.07, 6.45) is 0.602. The van der Waals surface area contributed by atoms with E-state index in [1.807, 2.05) is 44.2 Å². The van der Waals surface area contributed by atoms with E-state index in [-0.39, 0.29) is 18.5 Å². The lowest BCUT2D eigenvalue weighted by atomic mass is 10.1. The number of aryl methyl sites for hydroxylation is 1. The van der Waals surface area contributed by atoms with Crippen molar-refractivity contribution in [2.75, 3.05) is 54.1 Å². The Morgan fingerprint density at radius 3 is 2.36 bits per heavy atom. The molecule has 0 bridgehead atoms. The van der Waals surface area contributed by atoms with Crippen molar-refractivity contribution in [3.63, 3.8) is 0 Å². The van der Waals surface area contributed by atoms with Gasteiger partial charge in [-0.05, 0) is 50.1 Å². The molecule has 0 spiro atoms. The zero-order valence-electron chi connectivity index (χ0n) is 20.2. The molecular weight excluding hydrogens is 426 g/mol. The molecule has 1 aromatic heterocycles. The Morgan fingerprint density at radius 1 is 1.00 bits per heavy atom. The summed E-state index contributed by atoms with van der Waals surface area (Å²) in [6, 6.07) is 9.12. The van der Waals surface area contributed by atoms with Crippen LogP contribution in [-0.4, -0.2) is 75.9 Å². The number of amides is 3. The van der Waals surface area contributed by atoms with Gasteiger partial charge in [-0.1, -0.05) is 6.07 Å². The maximum absolute atomic E-state index is 13.3. The summed E-state index contributed by atoms with van der Waals surface area (Å²) in [5, 5.41) is 2.75. The fraction of sp³-hybridized carbons (Fsp3) is 0.500. The van der Waals surface area contributed by atoms with Gasteiger partial charge in [0.1, 0.15) is 18.1 Å². The molecule has 0 aliphatic carbocycles. The topological polar surface area (TPSA) is 93.5 Å². The summed E-state index contributed by atoms with van der Waals surface area (Å²) in [5.74, 6) is 2.58. The number of furan rings is 1. The van der Waals surface area contributed by atoms with Gasteiger partial charge in [0.2, 0.25) is 5.91 Å². The van der Waals surface area contributed by atoms with Gasteiger partial charge in [0.15, 0.2) is 11.5 Å². The Hall–Kier alpha value is -3.20. The number of nitrogens with one attached hydrogen (secondary N) is 1. The van der Waals surface area contributed by atoms with E-state index in [1.165, 1.54) is 4.90 Å². The van der Waals surface area contributed by atoms with Crippen LogP contribution >= 0.6 is 0 Å². The molecule has 0 aliphatic heterocycles. The van der Waals surface area contributed by atoms with Crippen molar-refractivity contribution < 1.29 is 28.2 Å². The summed E-state index contributed by atoms with van der Waals surface area (Å²) in [7, 11) is 4.74. The Morgan fingerprint density at radius 2 is 1.76 bits per heavy atom. The number of hydrogen-bond donors (Lipinski definition) is 1. The smallest absolute Gasteiger partial charge is 0.317 e. The van der Waals surface area contributed by atoms with E-state index >= 15 is 0 Å². The van der Waals surface area contributed by atoms with Gasteiger partial charge < -0.3 is 33.7 Å². The maximum Gasteiger partial charge on any atom is 0.317 e. The molecule has 1 N–H and O–H groups in total. The highest BCUT2D eigenvalue weighted by Gasteiger charge is 2.22. The zero-order valence-corrected chi connectivity index (χ0v) is 20.2. The van der Waals surface area contributed by atoms with Gasteiger partial charge in [-0.2, -0.15) is 0 Å². The molecule has 33 heavy (non-hydrogen) atoms. The molecule has 2 rings (SSSR count). The second-order valence-electron chi connectivity index (χ2n) is 7.52. The average Bonchev–Trinajstić information content (AvgIpc) is 3.23. The molecule has 0 saturated carbocycles. The third-order valence-electron chi connectivity index (χ3n) is 5.12. The highest BCUT2D eigenvalue weighted by molar-refractivity contribution is 5.84. The van der Waals surface area contributed by atoms with Crippen LogP contribution in [0.3, 0.4) is 0 Å². The quantitative estimate of drug-likeness (QED) is 0.493. The predicted octanol–water partition coefficient (Wildman–Crippen LogP) is 2.85. The fourth-order valence-electron chi connectivity index (χ4n) is 3.33. The van der Waals surface area contributed by atoms with E-state index in [1.54, 1.807) is 26.2 Å². The molecule has 2 aromatic rings. The molecule has 9 heteroatoms. The van der Waals surface area contributed by atoms with Gasteiger partial charge in [-0.3, -0.25) is 4.79 Å². The molecule has 0 unspecified atom stereocenters. The number of carbonyl (C=O) groups excluding carboxylic acids is 2. The van der Waals surface area contributed by atoms with Crippen molar-refractivity contribution in [3.8, 4) is 11.5 Å². The van der Waals surface area contributed by atoms with E-state index in [9.17, 15) is 9.59 Å². The number of ether oxygens (including phenoxy) is 3. The van der Waals surface area contributed by atoms with Crippen LogP contribution in [0.15, 0.2) is 34.7 Å². The summed E-state index contributed by atoms with van der Waals surface area (Å²) in [6.45, 7) is 5.54. The molecule has 0 fully saturated rings. The summed E-state index contributed by atoms with van der Waals surface area (Å²) in [4.78, 5) is 28.8. The second kappa shape index (κ2) is 13.4. The van der Waals surface area contributed by atoms with Crippen molar-refractivity contribution in [2.24, 2.45) is 0 Å². The summed E-state index contributed by atoms with van der Waals surface area (Å²) in [5.41, 5.74) is 1.00. The van der Waals surface area contributed by atoms with Crippen molar-refractivity contribution in [2.45, 2.75) is 26.8 Å². The van der Waals surface area contributed by atoms with Crippen molar-refractivity contribution in [1.29, 1.82) is 0 Å². The minimum atomic E-state index is -0.295. The van der Waals surface area contributed by atoms with Gasteiger partial charge in [-0.15, -0.1) is 0 Å². The Kier molecular flexibility index (Phi) is 10.6. The minimum absolute atomic E-state index is 0.0547. The molecule has 1 heterocycles. The maximum atomic E-state index is 13.3. The van der Waals surface area contributed by atoms with E-state index in [0.29, 0.717) is 56.5 Å². The Balaban J connectivity index is 2.16. The van der Waals surface area contributed by atoms with Gasteiger partial charge in [0.05, 0.1) is 27.4 Å². The minimum Gasteiger partial charge on any atom is -0.493 e. The number of carbonyl (C=O) groups is 2. The van der Waals surface area contributed by atoms with E-state index in [0.717, 1.165) is 11.3 Å². The monoisotopic (exact) mass is 461 g/mol.